The van der Waals surface area contributed by atoms with E-state index < -0.39 is 0 Å². The summed E-state index contributed by atoms with van der Waals surface area (Å²) in [5, 5.41) is 7.39. The Morgan fingerprint density at radius 1 is 1.37 bits per heavy atom. The number of aromatic nitrogens is 5. The number of anilines is 1. The Balaban J connectivity index is 1.92. The molecule has 0 unspecified atom stereocenters. The first kappa shape index (κ1) is 12.3. The fourth-order valence-corrected chi connectivity index (χ4v) is 2.15. The molecule has 0 radical (unpaired) electrons. The van der Waals surface area contributed by atoms with Gasteiger partial charge in [-0.15, -0.1) is 5.10 Å². The summed E-state index contributed by atoms with van der Waals surface area (Å²) in [6.45, 7) is 0.585. The molecular formula is C11H8BrClN6. The molecule has 6 nitrogen and oxygen atoms in total. The Labute approximate surface area is 122 Å². The highest BCUT2D eigenvalue weighted by Gasteiger charge is 2.10. The smallest absolute Gasteiger partial charge is 0.243 e. The number of hydrogen-bond acceptors (Lipinski definition) is 5. The molecule has 3 heterocycles. The Hall–Kier alpha value is -1.73. The van der Waals surface area contributed by atoms with E-state index in [0.29, 0.717) is 18.0 Å². The summed E-state index contributed by atoms with van der Waals surface area (Å²) in [6.07, 6.45) is 5.17. The predicted octanol–water partition coefficient (Wildman–Crippen LogP) is 2.55. The topological polar surface area (TPSA) is 68.0 Å². The van der Waals surface area contributed by atoms with Crippen LogP contribution in [0.1, 0.15) is 5.56 Å². The van der Waals surface area contributed by atoms with Crippen LogP contribution in [0.15, 0.2) is 35.3 Å². The Morgan fingerprint density at radius 3 is 3.05 bits per heavy atom. The molecule has 3 aromatic rings. The Morgan fingerprint density at radius 2 is 2.26 bits per heavy atom. The van der Waals surface area contributed by atoms with Crippen LogP contribution < -0.4 is 5.32 Å². The van der Waals surface area contributed by atoms with Crippen LogP contribution in [0.2, 0.25) is 5.28 Å². The van der Waals surface area contributed by atoms with Crippen molar-refractivity contribution in [2.45, 2.75) is 6.54 Å². The van der Waals surface area contributed by atoms with Gasteiger partial charge in [0, 0.05) is 18.9 Å². The fraction of sp³-hybridized carbons (Fsp3) is 0.0909. The van der Waals surface area contributed by atoms with Crippen molar-refractivity contribution in [2.24, 2.45) is 0 Å². The van der Waals surface area contributed by atoms with Gasteiger partial charge in [-0.25, -0.2) is 9.50 Å². The van der Waals surface area contributed by atoms with E-state index >= 15 is 0 Å². The van der Waals surface area contributed by atoms with E-state index in [-0.39, 0.29) is 5.28 Å². The van der Waals surface area contributed by atoms with Gasteiger partial charge < -0.3 is 5.32 Å². The van der Waals surface area contributed by atoms with Gasteiger partial charge in [-0.1, -0.05) is 6.07 Å². The third-order valence-corrected chi connectivity index (χ3v) is 3.18. The maximum atomic E-state index is 5.89. The summed E-state index contributed by atoms with van der Waals surface area (Å²) >= 11 is 9.24. The van der Waals surface area contributed by atoms with Crippen molar-refractivity contribution in [3.8, 4) is 0 Å². The molecule has 0 spiro atoms. The maximum absolute atomic E-state index is 5.89. The monoisotopic (exact) mass is 338 g/mol. The lowest BCUT2D eigenvalue weighted by atomic mass is 10.3. The Bertz CT molecular complexity index is 714. The second kappa shape index (κ2) is 5.10. The van der Waals surface area contributed by atoms with Crippen molar-refractivity contribution in [3.63, 3.8) is 0 Å². The van der Waals surface area contributed by atoms with E-state index in [1.165, 1.54) is 0 Å². The SMILES string of the molecule is Clc1nc(NCc2cccnc2)c2ncc(Br)n2n1. The van der Waals surface area contributed by atoms with Gasteiger partial charge in [0.1, 0.15) is 4.60 Å². The minimum atomic E-state index is 0.153. The summed E-state index contributed by atoms with van der Waals surface area (Å²) in [5.41, 5.74) is 1.65. The molecule has 0 saturated heterocycles. The van der Waals surface area contributed by atoms with Gasteiger partial charge in [0.15, 0.2) is 11.5 Å². The van der Waals surface area contributed by atoms with E-state index in [0.717, 1.165) is 10.2 Å². The van der Waals surface area contributed by atoms with Crippen LogP contribution >= 0.6 is 27.5 Å². The largest absolute Gasteiger partial charge is 0.363 e. The first-order chi connectivity index (χ1) is 9.24. The molecule has 0 fully saturated rings. The van der Waals surface area contributed by atoms with Crippen LogP contribution in [0.5, 0.6) is 0 Å². The Kier molecular flexibility index (Phi) is 3.31. The third kappa shape index (κ3) is 2.52. The molecule has 1 N–H and O–H groups in total. The van der Waals surface area contributed by atoms with Gasteiger partial charge in [0.05, 0.1) is 6.20 Å². The molecule has 8 heteroatoms. The van der Waals surface area contributed by atoms with Crippen molar-refractivity contribution in [3.05, 3.63) is 46.2 Å². The highest BCUT2D eigenvalue weighted by atomic mass is 79.9. The normalized spacial score (nSPS) is 10.8. The molecular weight excluding hydrogens is 332 g/mol. The number of nitrogens with zero attached hydrogens (tertiary/aromatic N) is 5. The molecule has 0 amide bonds. The van der Waals surface area contributed by atoms with Crippen LogP contribution in [-0.4, -0.2) is 24.6 Å². The van der Waals surface area contributed by atoms with Crippen molar-refractivity contribution in [1.82, 2.24) is 24.6 Å². The average Bonchev–Trinajstić information content (AvgIpc) is 2.79. The van der Waals surface area contributed by atoms with Crippen LogP contribution in [-0.2, 0) is 6.54 Å². The molecule has 0 aromatic carbocycles. The van der Waals surface area contributed by atoms with Crippen molar-refractivity contribution in [1.29, 1.82) is 0 Å². The molecule has 0 aliphatic heterocycles. The zero-order valence-corrected chi connectivity index (χ0v) is 11.9. The number of pyridine rings is 1. The molecule has 0 atom stereocenters. The number of rotatable bonds is 3. The third-order valence-electron chi connectivity index (χ3n) is 2.48. The molecule has 19 heavy (non-hydrogen) atoms. The van der Waals surface area contributed by atoms with Crippen LogP contribution in [0, 0.1) is 0 Å². The summed E-state index contributed by atoms with van der Waals surface area (Å²) in [6, 6.07) is 3.85. The first-order valence-corrected chi connectivity index (χ1v) is 6.60. The summed E-state index contributed by atoms with van der Waals surface area (Å²) in [4.78, 5) is 12.4. The number of halogens is 2. The van der Waals surface area contributed by atoms with Gasteiger partial charge in [-0.05, 0) is 39.2 Å². The standard InChI is InChI=1S/C11H8BrClN6/c12-8-6-16-10-9(17-11(13)18-19(8)10)15-5-7-2-1-3-14-4-7/h1-4,6H,5H2,(H,15,17,18). The number of nitrogens with one attached hydrogen (secondary N) is 1. The summed E-state index contributed by atoms with van der Waals surface area (Å²) < 4.78 is 2.30. The molecule has 0 bridgehead atoms. The number of imidazole rings is 1. The number of hydrogen-bond donors (Lipinski definition) is 1. The highest BCUT2D eigenvalue weighted by molar-refractivity contribution is 9.10. The van der Waals surface area contributed by atoms with Gasteiger partial charge in [0.2, 0.25) is 5.28 Å². The van der Waals surface area contributed by atoms with Gasteiger partial charge in [0.25, 0.3) is 0 Å². The zero-order valence-electron chi connectivity index (χ0n) is 9.59. The first-order valence-electron chi connectivity index (χ1n) is 5.43. The average molecular weight is 340 g/mol. The molecule has 0 aliphatic rings. The number of fused-ring (bicyclic) bond motifs is 1. The molecule has 0 aliphatic carbocycles. The molecule has 96 valence electrons. The summed E-state index contributed by atoms with van der Waals surface area (Å²) in [7, 11) is 0. The lowest BCUT2D eigenvalue weighted by molar-refractivity contribution is 0.879. The minimum Gasteiger partial charge on any atom is -0.363 e. The highest BCUT2D eigenvalue weighted by Crippen LogP contribution is 2.19. The lowest BCUT2D eigenvalue weighted by Gasteiger charge is -2.06. The van der Waals surface area contributed by atoms with E-state index in [1.54, 1.807) is 23.1 Å². The molecule has 3 rings (SSSR count). The van der Waals surface area contributed by atoms with E-state index in [4.69, 9.17) is 11.6 Å². The quantitative estimate of drug-likeness (QED) is 0.794. The second-order valence-electron chi connectivity index (χ2n) is 3.76. The lowest BCUT2D eigenvalue weighted by Crippen LogP contribution is -2.06. The van der Waals surface area contributed by atoms with E-state index in [2.05, 4.69) is 41.3 Å². The van der Waals surface area contributed by atoms with Gasteiger partial charge in [-0.3, -0.25) is 4.98 Å². The minimum absolute atomic E-state index is 0.153. The van der Waals surface area contributed by atoms with Crippen LogP contribution in [0.3, 0.4) is 0 Å². The van der Waals surface area contributed by atoms with Crippen molar-refractivity contribution in [2.75, 3.05) is 5.32 Å². The van der Waals surface area contributed by atoms with Gasteiger partial charge in [-0.2, -0.15) is 4.98 Å². The molecule has 3 aromatic heterocycles. The van der Waals surface area contributed by atoms with Gasteiger partial charge >= 0.3 is 0 Å². The fourth-order valence-electron chi connectivity index (χ4n) is 1.64. The maximum Gasteiger partial charge on any atom is 0.243 e. The van der Waals surface area contributed by atoms with E-state index in [9.17, 15) is 0 Å². The second-order valence-corrected chi connectivity index (χ2v) is 4.91. The zero-order chi connectivity index (χ0) is 13.2. The van der Waals surface area contributed by atoms with E-state index in [1.807, 2.05) is 12.1 Å². The van der Waals surface area contributed by atoms with Crippen LogP contribution in [0.25, 0.3) is 5.65 Å². The summed E-state index contributed by atoms with van der Waals surface area (Å²) in [5.74, 6) is 0.578. The van der Waals surface area contributed by atoms with Crippen molar-refractivity contribution < 1.29 is 0 Å². The van der Waals surface area contributed by atoms with Crippen LogP contribution in [0.4, 0.5) is 5.82 Å². The molecule has 0 saturated carbocycles. The van der Waals surface area contributed by atoms with Crippen molar-refractivity contribution >= 4 is 39.0 Å². The predicted molar refractivity (Wildman–Crippen MR) is 75.1 cm³/mol.